The number of rotatable bonds is 4. The summed E-state index contributed by atoms with van der Waals surface area (Å²) >= 11 is 0. The molecule has 7 heteroatoms. The number of aliphatic hydroxyl groups excluding tert-OH is 1. The number of alkyl halides is 2. The predicted octanol–water partition coefficient (Wildman–Crippen LogP) is 0.866. The van der Waals surface area contributed by atoms with E-state index in [2.05, 4.69) is 5.10 Å². The van der Waals surface area contributed by atoms with Crippen molar-refractivity contribution in [2.24, 2.45) is 7.05 Å². The van der Waals surface area contributed by atoms with Gasteiger partial charge in [0.15, 0.2) is 0 Å². The molecule has 0 fully saturated rings. The van der Waals surface area contributed by atoms with Crippen LogP contribution in [0.4, 0.5) is 8.78 Å². The molecule has 2 N–H and O–H groups in total. The van der Waals surface area contributed by atoms with Crippen molar-refractivity contribution < 1.29 is 23.8 Å². The molecule has 0 spiro atoms. The van der Waals surface area contributed by atoms with Gasteiger partial charge in [-0.3, -0.25) is 9.48 Å². The first-order chi connectivity index (χ1) is 6.91. The second-order valence-electron chi connectivity index (χ2n) is 3.06. The van der Waals surface area contributed by atoms with Crippen LogP contribution in [-0.2, 0) is 11.8 Å². The molecular weight excluding hydrogens is 210 g/mol. The standard InChI is InChI=1S/C8H10F2N2O3/c1-12-3-4(5(13)2-6(14)15)7(11-12)8(9)10/h3,5,8,13H,2H2,1H3,(H,14,15). The quantitative estimate of drug-likeness (QED) is 0.789. The zero-order valence-electron chi connectivity index (χ0n) is 7.89. The van der Waals surface area contributed by atoms with Crippen molar-refractivity contribution in [3.05, 3.63) is 17.5 Å². The lowest BCUT2D eigenvalue weighted by molar-refractivity contribution is -0.139. The summed E-state index contributed by atoms with van der Waals surface area (Å²) < 4.78 is 25.9. The van der Waals surface area contributed by atoms with Crippen LogP contribution in [0.15, 0.2) is 6.20 Å². The Morgan fingerprint density at radius 3 is 2.73 bits per heavy atom. The average molecular weight is 220 g/mol. The minimum Gasteiger partial charge on any atom is -0.481 e. The van der Waals surface area contributed by atoms with Crippen LogP contribution < -0.4 is 0 Å². The van der Waals surface area contributed by atoms with Crippen molar-refractivity contribution >= 4 is 5.97 Å². The third kappa shape index (κ3) is 2.72. The summed E-state index contributed by atoms with van der Waals surface area (Å²) in [6.45, 7) is 0. The Morgan fingerprint density at radius 2 is 2.27 bits per heavy atom. The van der Waals surface area contributed by atoms with Gasteiger partial charge in [0.2, 0.25) is 0 Å². The van der Waals surface area contributed by atoms with Crippen molar-refractivity contribution in [3.8, 4) is 0 Å². The molecule has 0 aliphatic heterocycles. The topological polar surface area (TPSA) is 75.4 Å². The lowest BCUT2D eigenvalue weighted by Crippen LogP contribution is -2.07. The van der Waals surface area contributed by atoms with Gasteiger partial charge in [0.1, 0.15) is 5.69 Å². The predicted molar refractivity (Wildman–Crippen MR) is 45.4 cm³/mol. The van der Waals surface area contributed by atoms with Crippen LogP contribution in [0.2, 0.25) is 0 Å². The van der Waals surface area contributed by atoms with Gasteiger partial charge >= 0.3 is 5.97 Å². The van der Waals surface area contributed by atoms with Crippen LogP contribution in [-0.4, -0.2) is 26.0 Å². The maximum absolute atomic E-state index is 12.4. The summed E-state index contributed by atoms with van der Waals surface area (Å²) in [5.41, 5.74) is -0.721. The Kier molecular flexibility index (Phi) is 3.35. The Bertz CT molecular complexity index is 365. The number of aliphatic hydroxyl groups is 1. The van der Waals surface area contributed by atoms with E-state index in [4.69, 9.17) is 5.11 Å². The fourth-order valence-corrected chi connectivity index (χ4v) is 1.23. The summed E-state index contributed by atoms with van der Waals surface area (Å²) in [5, 5.41) is 21.2. The van der Waals surface area contributed by atoms with Crippen molar-refractivity contribution in [2.75, 3.05) is 0 Å². The number of nitrogens with zero attached hydrogens (tertiary/aromatic N) is 2. The summed E-state index contributed by atoms with van der Waals surface area (Å²) in [5.74, 6) is -1.26. The second-order valence-corrected chi connectivity index (χ2v) is 3.06. The second kappa shape index (κ2) is 4.35. The number of hydrogen-bond donors (Lipinski definition) is 2. The highest BCUT2D eigenvalue weighted by molar-refractivity contribution is 5.67. The Balaban J connectivity index is 2.96. The zero-order valence-corrected chi connectivity index (χ0v) is 7.89. The van der Waals surface area contributed by atoms with Gasteiger partial charge in [-0.2, -0.15) is 5.10 Å². The number of aliphatic carboxylic acids is 1. The molecule has 1 aromatic rings. The van der Waals surface area contributed by atoms with Gasteiger partial charge in [-0.25, -0.2) is 8.78 Å². The molecular formula is C8H10F2N2O3. The van der Waals surface area contributed by atoms with Gasteiger partial charge in [-0.1, -0.05) is 0 Å². The van der Waals surface area contributed by atoms with Crippen LogP contribution in [0.25, 0.3) is 0 Å². The van der Waals surface area contributed by atoms with E-state index >= 15 is 0 Å². The molecule has 15 heavy (non-hydrogen) atoms. The molecule has 0 radical (unpaired) electrons. The molecule has 1 unspecified atom stereocenters. The SMILES string of the molecule is Cn1cc(C(O)CC(=O)O)c(C(F)F)n1. The first-order valence-corrected chi connectivity index (χ1v) is 4.13. The van der Waals surface area contributed by atoms with Gasteiger partial charge in [-0.15, -0.1) is 0 Å². The van der Waals surface area contributed by atoms with E-state index in [9.17, 15) is 18.7 Å². The fraction of sp³-hybridized carbons (Fsp3) is 0.500. The van der Waals surface area contributed by atoms with Crippen LogP contribution in [0.1, 0.15) is 30.2 Å². The van der Waals surface area contributed by atoms with E-state index in [0.29, 0.717) is 0 Å². The first kappa shape index (κ1) is 11.6. The molecule has 1 heterocycles. The van der Waals surface area contributed by atoms with Crippen molar-refractivity contribution in [1.29, 1.82) is 0 Å². The normalized spacial score (nSPS) is 13.1. The van der Waals surface area contributed by atoms with Crippen LogP contribution >= 0.6 is 0 Å². The van der Waals surface area contributed by atoms with Gasteiger partial charge in [0.05, 0.1) is 12.5 Å². The molecule has 1 aromatic heterocycles. The first-order valence-electron chi connectivity index (χ1n) is 4.13. The van der Waals surface area contributed by atoms with Crippen molar-refractivity contribution in [2.45, 2.75) is 19.0 Å². The molecule has 0 aliphatic rings. The maximum atomic E-state index is 12.4. The molecule has 1 rings (SSSR count). The smallest absolute Gasteiger partial charge is 0.306 e. The number of aryl methyl sites for hydroxylation is 1. The Morgan fingerprint density at radius 1 is 1.67 bits per heavy atom. The zero-order chi connectivity index (χ0) is 11.6. The number of aromatic nitrogens is 2. The highest BCUT2D eigenvalue weighted by atomic mass is 19.3. The fourth-order valence-electron chi connectivity index (χ4n) is 1.23. The van der Waals surface area contributed by atoms with E-state index in [1.54, 1.807) is 0 Å². The molecule has 0 bridgehead atoms. The monoisotopic (exact) mass is 220 g/mol. The molecule has 84 valence electrons. The average Bonchev–Trinajstić information content (AvgIpc) is 2.46. The van der Waals surface area contributed by atoms with E-state index in [-0.39, 0.29) is 5.56 Å². The molecule has 0 aromatic carbocycles. The lowest BCUT2D eigenvalue weighted by atomic mass is 10.1. The highest BCUT2D eigenvalue weighted by Crippen LogP contribution is 2.27. The molecule has 1 atom stereocenters. The minimum absolute atomic E-state index is 0.144. The van der Waals surface area contributed by atoms with Crippen LogP contribution in [0.3, 0.4) is 0 Å². The van der Waals surface area contributed by atoms with Gasteiger partial charge in [0, 0.05) is 18.8 Å². The van der Waals surface area contributed by atoms with Gasteiger partial charge in [-0.05, 0) is 0 Å². The van der Waals surface area contributed by atoms with E-state index in [0.717, 1.165) is 4.68 Å². The summed E-state index contributed by atoms with van der Waals surface area (Å²) in [6, 6.07) is 0. The third-order valence-electron chi connectivity index (χ3n) is 1.82. The summed E-state index contributed by atoms with van der Waals surface area (Å²) in [7, 11) is 1.42. The number of carboxylic acids is 1. The van der Waals surface area contributed by atoms with E-state index < -0.39 is 30.6 Å². The Hall–Kier alpha value is -1.50. The lowest BCUT2D eigenvalue weighted by Gasteiger charge is -2.06. The largest absolute Gasteiger partial charge is 0.481 e. The number of carbonyl (C=O) groups is 1. The van der Waals surface area contributed by atoms with Gasteiger partial charge in [0.25, 0.3) is 6.43 Å². The third-order valence-corrected chi connectivity index (χ3v) is 1.82. The molecule has 0 aliphatic carbocycles. The summed E-state index contributed by atoms with van der Waals surface area (Å²) in [6.07, 6.45) is -3.72. The van der Waals surface area contributed by atoms with Gasteiger partial charge < -0.3 is 10.2 Å². The summed E-state index contributed by atoms with van der Waals surface area (Å²) in [4.78, 5) is 10.3. The van der Waals surface area contributed by atoms with Crippen LogP contribution in [0, 0.1) is 0 Å². The minimum atomic E-state index is -2.83. The molecule has 0 amide bonds. The van der Waals surface area contributed by atoms with Crippen molar-refractivity contribution in [1.82, 2.24) is 9.78 Å². The highest BCUT2D eigenvalue weighted by Gasteiger charge is 2.24. The van der Waals surface area contributed by atoms with E-state index in [1.807, 2.05) is 0 Å². The van der Waals surface area contributed by atoms with Crippen LogP contribution in [0.5, 0.6) is 0 Å². The molecule has 5 nitrogen and oxygen atoms in total. The van der Waals surface area contributed by atoms with Crippen molar-refractivity contribution in [3.63, 3.8) is 0 Å². The molecule has 0 saturated heterocycles. The molecule has 0 saturated carbocycles. The van der Waals surface area contributed by atoms with E-state index in [1.165, 1.54) is 13.2 Å². The number of carboxylic acid groups (broad SMARTS) is 1. The Labute approximate surface area is 83.9 Å². The number of hydrogen-bond acceptors (Lipinski definition) is 3. The maximum Gasteiger partial charge on any atom is 0.306 e. The number of halogens is 2.